The Hall–Kier alpha value is -2.37. The second kappa shape index (κ2) is 9.90. The molecule has 1 fully saturated rings. The average molecular weight is 397 g/mol. The van der Waals surface area contributed by atoms with Crippen LogP contribution in [0.25, 0.3) is 0 Å². The molecule has 0 unspecified atom stereocenters. The van der Waals surface area contributed by atoms with Gasteiger partial charge in [-0.3, -0.25) is 4.79 Å². The summed E-state index contributed by atoms with van der Waals surface area (Å²) in [6.07, 6.45) is 2.36. The highest BCUT2D eigenvalue weighted by Gasteiger charge is 2.41. The van der Waals surface area contributed by atoms with Crippen LogP contribution in [0.3, 0.4) is 0 Å². The van der Waals surface area contributed by atoms with Crippen molar-refractivity contribution in [1.82, 2.24) is 4.90 Å². The van der Waals surface area contributed by atoms with Gasteiger partial charge in [0.15, 0.2) is 0 Å². The van der Waals surface area contributed by atoms with Crippen LogP contribution in [0.5, 0.6) is 5.75 Å². The van der Waals surface area contributed by atoms with E-state index < -0.39 is 5.41 Å². The predicted molar refractivity (Wildman–Crippen MR) is 117 cm³/mol. The molecule has 0 saturated carbocycles. The van der Waals surface area contributed by atoms with Gasteiger partial charge in [-0.15, -0.1) is 0 Å². The van der Waals surface area contributed by atoms with Crippen molar-refractivity contribution in [3.8, 4) is 5.75 Å². The summed E-state index contributed by atoms with van der Waals surface area (Å²) < 4.78 is 11.3. The molecule has 2 aromatic carbocycles. The Labute approximate surface area is 174 Å². The number of nitrogens with zero attached hydrogens (tertiary/aromatic N) is 1. The maximum Gasteiger partial charge on any atom is 0.235 e. The number of aryl methyl sites for hydroxylation is 1. The Morgan fingerprint density at radius 2 is 1.72 bits per heavy atom. The first-order chi connectivity index (χ1) is 14.0. The fraction of sp³-hybridized carbons (Fsp3) is 0.458. The molecular weight excluding hydrogens is 364 g/mol. The highest BCUT2D eigenvalue weighted by molar-refractivity contribution is 5.99. The van der Waals surface area contributed by atoms with Crippen molar-refractivity contribution in [2.45, 2.75) is 31.6 Å². The van der Waals surface area contributed by atoms with Gasteiger partial charge in [0.25, 0.3) is 0 Å². The fourth-order valence-corrected chi connectivity index (χ4v) is 3.70. The van der Waals surface area contributed by atoms with Crippen LogP contribution in [0.4, 0.5) is 5.69 Å². The minimum atomic E-state index is -0.548. The second-order valence-electron chi connectivity index (χ2n) is 8.04. The molecule has 1 heterocycles. The monoisotopic (exact) mass is 396 g/mol. The SMILES string of the molecule is Cc1ccc(C2(C(=O)Nc3ccc(OCCCN(C)C)cc3)CCOCC2)cc1. The molecule has 0 aliphatic carbocycles. The summed E-state index contributed by atoms with van der Waals surface area (Å²) in [7, 11) is 4.11. The average Bonchev–Trinajstić information content (AvgIpc) is 2.73. The summed E-state index contributed by atoms with van der Waals surface area (Å²) in [4.78, 5) is 15.5. The molecule has 156 valence electrons. The Morgan fingerprint density at radius 3 is 2.34 bits per heavy atom. The molecule has 1 aliphatic rings. The molecule has 0 radical (unpaired) electrons. The van der Waals surface area contributed by atoms with Crippen molar-refractivity contribution in [3.63, 3.8) is 0 Å². The van der Waals surface area contributed by atoms with E-state index in [-0.39, 0.29) is 5.91 Å². The lowest BCUT2D eigenvalue weighted by molar-refractivity contribution is -0.125. The number of hydrogen-bond donors (Lipinski definition) is 1. The summed E-state index contributed by atoms with van der Waals surface area (Å²) in [6.45, 7) is 4.94. The Bertz CT molecular complexity index is 779. The topological polar surface area (TPSA) is 50.8 Å². The molecule has 5 nitrogen and oxygen atoms in total. The molecule has 5 heteroatoms. The summed E-state index contributed by atoms with van der Waals surface area (Å²) >= 11 is 0. The van der Waals surface area contributed by atoms with Gasteiger partial charge >= 0.3 is 0 Å². The molecule has 0 atom stereocenters. The standard InChI is InChI=1S/C24H32N2O3/c1-19-5-7-20(8-6-19)24(13-17-28-18-14-24)23(27)25-21-9-11-22(12-10-21)29-16-4-15-26(2)3/h5-12H,4,13-18H2,1-3H3,(H,25,27). The molecule has 1 aliphatic heterocycles. The number of rotatable bonds is 8. The highest BCUT2D eigenvalue weighted by atomic mass is 16.5. The molecule has 1 N–H and O–H groups in total. The number of hydrogen-bond acceptors (Lipinski definition) is 4. The molecule has 3 rings (SSSR count). The molecule has 1 saturated heterocycles. The maximum absolute atomic E-state index is 13.3. The molecule has 29 heavy (non-hydrogen) atoms. The van der Waals surface area contributed by atoms with Gasteiger partial charge in [0.05, 0.1) is 12.0 Å². The van der Waals surface area contributed by atoms with Crippen molar-refractivity contribution in [1.29, 1.82) is 0 Å². The first-order valence-corrected chi connectivity index (χ1v) is 10.3. The summed E-state index contributed by atoms with van der Waals surface area (Å²) in [5.74, 6) is 0.852. The van der Waals surface area contributed by atoms with Crippen LogP contribution in [0.1, 0.15) is 30.4 Å². The van der Waals surface area contributed by atoms with E-state index in [0.29, 0.717) is 32.7 Å². The number of carbonyl (C=O) groups excluding carboxylic acids is 1. The smallest absolute Gasteiger partial charge is 0.235 e. The number of anilines is 1. The number of amides is 1. The van der Waals surface area contributed by atoms with Crippen molar-refractivity contribution in [3.05, 3.63) is 59.7 Å². The van der Waals surface area contributed by atoms with E-state index in [2.05, 4.69) is 55.5 Å². The third kappa shape index (κ3) is 5.58. The van der Waals surface area contributed by atoms with E-state index in [1.54, 1.807) is 0 Å². The lowest BCUT2D eigenvalue weighted by Crippen LogP contribution is -2.44. The number of ether oxygens (including phenoxy) is 2. The molecule has 0 spiro atoms. The van der Waals surface area contributed by atoms with Gasteiger partial charge in [-0.2, -0.15) is 0 Å². The first kappa shape index (κ1) is 21.3. The van der Waals surface area contributed by atoms with E-state index >= 15 is 0 Å². The quantitative estimate of drug-likeness (QED) is 0.685. The first-order valence-electron chi connectivity index (χ1n) is 10.3. The van der Waals surface area contributed by atoms with Gasteiger partial charge in [-0.25, -0.2) is 0 Å². The zero-order valence-corrected chi connectivity index (χ0v) is 17.7. The Morgan fingerprint density at radius 1 is 1.07 bits per heavy atom. The number of carbonyl (C=O) groups is 1. The lowest BCUT2D eigenvalue weighted by atomic mass is 9.73. The van der Waals surface area contributed by atoms with Crippen LogP contribution in [-0.2, 0) is 14.9 Å². The van der Waals surface area contributed by atoms with Gasteiger partial charge in [0, 0.05) is 25.4 Å². The lowest BCUT2D eigenvalue weighted by Gasteiger charge is -2.36. The predicted octanol–water partition coefficient (Wildman–Crippen LogP) is 4.01. The third-order valence-electron chi connectivity index (χ3n) is 5.52. The van der Waals surface area contributed by atoms with E-state index in [1.807, 2.05) is 24.3 Å². The van der Waals surface area contributed by atoms with E-state index in [0.717, 1.165) is 30.0 Å². The molecule has 2 aromatic rings. The van der Waals surface area contributed by atoms with E-state index in [4.69, 9.17) is 9.47 Å². The van der Waals surface area contributed by atoms with Crippen molar-refractivity contribution >= 4 is 11.6 Å². The number of benzene rings is 2. The van der Waals surface area contributed by atoms with E-state index in [1.165, 1.54) is 5.56 Å². The van der Waals surface area contributed by atoms with Crippen LogP contribution in [-0.4, -0.2) is 51.3 Å². The normalized spacial score (nSPS) is 15.9. The van der Waals surface area contributed by atoms with Crippen LogP contribution in [0.2, 0.25) is 0 Å². The number of nitrogens with one attached hydrogen (secondary N) is 1. The van der Waals surface area contributed by atoms with Crippen LogP contribution in [0, 0.1) is 6.92 Å². The van der Waals surface area contributed by atoms with Gasteiger partial charge in [0.1, 0.15) is 5.75 Å². The van der Waals surface area contributed by atoms with E-state index in [9.17, 15) is 4.79 Å². The zero-order chi connectivity index (χ0) is 20.7. The van der Waals surface area contributed by atoms with Crippen molar-refractivity contribution in [2.75, 3.05) is 45.8 Å². The minimum absolute atomic E-state index is 0.0318. The molecule has 0 bridgehead atoms. The molecule has 1 amide bonds. The Kier molecular flexibility index (Phi) is 7.29. The third-order valence-corrected chi connectivity index (χ3v) is 5.52. The summed E-state index contributed by atoms with van der Waals surface area (Å²) in [5, 5.41) is 3.12. The zero-order valence-electron chi connectivity index (χ0n) is 17.7. The van der Waals surface area contributed by atoms with Gasteiger partial charge in [-0.05, 0) is 70.1 Å². The second-order valence-corrected chi connectivity index (χ2v) is 8.04. The Balaban J connectivity index is 1.66. The molecule has 0 aromatic heterocycles. The highest BCUT2D eigenvalue weighted by Crippen LogP contribution is 2.36. The van der Waals surface area contributed by atoms with Crippen LogP contribution in [0.15, 0.2) is 48.5 Å². The largest absolute Gasteiger partial charge is 0.494 e. The molecular formula is C24H32N2O3. The van der Waals surface area contributed by atoms with Gasteiger partial charge < -0.3 is 19.7 Å². The van der Waals surface area contributed by atoms with Crippen LogP contribution >= 0.6 is 0 Å². The van der Waals surface area contributed by atoms with Crippen molar-refractivity contribution < 1.29 is 14.3 Å². The van der Waals surface area contributed by atoms with Gasteiger partial charge in [-0.1, -0.05) is 29.8 Å². The van der Waals surface area contributed by atoms with Gasteiger partial charge in [0.2, 0.25) is 5.91 Å². The van der Waals surface area contributed by atoms with Crippen LogP contribution < -0.4 is 10.1 Å². The van der Waals surface area contributed by atoms with Crippen molar-refractivity contribution in [2.24, 2.45) is 0 Å². The summed E-state index contributed by atoms with van der Waals surface area (Å²) in [6, 6.07) is 15.9. The minimum Gasteiger partial charge on any atom is -0.494 e. The summed E-state index contributed by atoms with van der Waals surface area (Å²) in [5.41, 5.74) is 2.49. The fourth-order valence-electron chi connectivity index (χ4n) is 3.70. The maximum atomic E-state index is 13.3.